The highest BCUT2D eigenvalue weighted by Crippen LogP contribution is 2.31. The zero-order chi connectivity index (χ0) is 15.6. The number of aliphatic imine (C=N–C) groups is 1. The van der Waals surface area contributed by atoms with Gasteiger partial charge in [-0.3, -0.25) is 4.79 Å². The lowest BCUT2D eigenvalue weighted by Crippen LogP contribution is -2.19. The molecule has 1 saturated heterocycles. The smallest absolute Gasteiger partial charge is 0.264 e. The van der Waals surface area contributed by atoms with Crippen LogP contribution in [0.5, 0.6) is 0 Å². The zero-order valence-electron chi connectivity index (χ0n) is 12.0. The van der Waals surface area contributed by atoms with Gasteiger partial charge in [0.15, 0.2) is 5.17 Å². The first-order valence-electron chi connectivity index (χ1n) is 7.10. The topological polar surface area (TPSA) is 41.5 Å². The van der Waals surface area contributed by atoms with Gasteiger partial charge in [-0.25, -0.2) is 4.99 Å². The molecule has 112 valence electrons. The molecule has 1 N–H and O–H groups in total. The van der Waals surface area contributed by atoms with Crippen LogP contribution in [0.1, 0.15) is 4.88 Å². The van der Waals surface area contributed by atoms with Gasteiger partial charge in [-0.1, -0.05) is 42.5 Å². The highest BCUT2D eigenvalue weighted by atomic mass is 32.2. The number of benzene rings is 2. The molecule has 1 fully saturated rings. The van der Waals surface area contributed by atoms with E-state index in [2.05, 4.69) is 22.4 Å². The molecular weight excluding hydrogens is 324 g/mol. The van der Waals surface area contributed by atoms with Crippen molar-refractivity contribution >= 4 is 56.7 Å². The first-order chi connectivity index (χ1) is 11.3. The Morgan fingerprint density at radius 3 is 2.74 bits per heavy atom. The largest absolute Gasteiger partial charge is 0.300 e. The van der Waals surface area contributed by atoms with Gasteiger partial charge in [0.1, 0.15) is 0 Å². The standard InChI is InChI=1S/C18H12N2OS2/c21-17-16(11-13-7-4-10-22-13)23-18(20-17)19-15-9-3-6-12-5-1-2-8-14(12)15/h1-11H,(H,19,20,21). The molecule has 3 aromatic rings. The van der Waals surface area contributed by atoms with Crippen LogP contribution in [0.4, 0.5) is 5.69 Å². The number of fused-ring (bicyclic) bond motifs is 1. The van der Waals surface area contributed by atoms with Crippen LogP contribution in [0.15, 0.2) is 69.9 Å². The van der Waals surface area contributed by atoms with Crippen LogP contribution in [0.3, 0.4) is 0 Å². The van der Waals surface area contributed by atoms with Crippen LogP contribution in [0.25, 0.3) is 16.8 Å². The SMILES string of the molecule is O=C1NC(=Nc2cccc3ccccc23)SC1=Cc1cccs1. The molecule has 0 bridgehead atoms. The van der Waals surface area contributed by atoms with Crippen LogP contribution in [-0.2, 0) is 4.79 Å². The molecule has 2 heterocycles. The number of amides is 1. The number of hydrogen-bond acceptors (Lipinski definition) is 4. The number of hydrogen-bond donors (Lipinski definition) is 1. The summed E-state index contributed by atoms with van der Waals surface area (Å²) in [5, 5.41) is 7.67. The van der Waals surface area contributed by atoms with Crippen molar-refractivity contribution < 1.29 is 4.79 Å². The van der Waals surface area contributed by atoms with Crippen molar-refractivity contribution in [3.05, 3.63) is 69.8 Å². The molecule has 0 spiro atoms. The van der Waals surface area contributed by atoms with Crippen LogP contribution < -0.4 is 5.32 Å². The first kappa shape index (κ1) is 14.2. The van der Waals surface area contributed by atoms with Gasteiger partial charge >= 0.3 is 0 Å². The summed E-state index contributed by atoms with van der Waals surface area (Å²) < 4.78 is 0. The Morgan fingerprint density at radius 2 is 1.87 bits per heavy atom. The van der Waals surface area contributed by atoms with E-state index < -0.39 is 0 Å². The van der Waals surface area contributed by atoms with Crippen LogP contribution in [0, 0.1) is 0 Å². The van der Waals surface area contributed by atoms with Gasteiger partial charge in [0.2, 0.25) is 0 Å². The Balaban J connectivity index is 1.68. The van der Waals surface area contributed by atoms with Gasteiger partial charge in [0.05, 0.1) is 10.6 Å². The lowest BCUT2D eigenvalue weighted by molar-refractivity contribution is -0.115. The van der Waals surface area contributed by atoms with Gasteiger partial charge in [-0.05, 0) is 40.7 Å². The summed E-state index contributed by atoms with van der Waals surface area (Å²) in [6, 6.07) is 18.1. The van der Waals surface area contributed by atoms with Crippen LogP contribution in [0.2, 0.25) is 0 Å². The van der Waals surface area contributed by atoms with E-state index in [4.69, 9.17) is 0 Å². The molecule has 23 heavy (non-hydrogen) atoms. The summed E-state index contributed by atoms with van der Waals surface area (Å²) in [4.78, 5) is 18.5. The Bertz CT molecular complexity index is 937. The number of nitrogens with one attached hydrogen (secondary N) is 1. The fourth-order valence-corrected chi connectivity index (χ4v) is 3.96. The van der Waals surface area contributed by atoms with E-state index in [0.29, 0.717) is 10.1 Å². The third kappa shape index (κ3) is 2.93. The molecule has 1 aliphatic heterocycles. The van der Waals surface area contributed by atoms with E-state index in [9.17, 15) is 4.79 Å². The second-order valence-electron chi connectivity index (χ2n) is 5.00. The Labute approximate surface area is 141 Å². The van der Waals surface area contributed by atoms with Crippen molar-refractivity contribution in [1.29, 1.82) is 0 Å². The monoisotopic (exact) mass is 336 g/mol. The van der Waals surface area contributed by atoms with Crippen molar-refractivity contribution in [2.24, 2.45) is 4.99 Å². The average Bonchev–Trinajstić information content (AvgIpc) is 3.19. The minimum Gasteiger partial charge on any atom is -0.300 e. The van der Waals surface area contributed by atoms with Crippen molar-refractivity contribution in [3.63, 3.8) is 0 Å². The van der Waals surface area contributed by atoms with Gasteiger partial charge in [0.25, 0.3) is 5.91 Å². The van der Waals surface area contributed by atoms with Gasteiger partial charge < -0.3 is 5.32 Å². The van der Waals surface area contributed by atoms with E-state index in [1.54, 1.807) is 11.3 Å². The third-order valence-electron chi connectivity index (χ3n) is 3.46. The number of carbonyl (C=O) groups is 1. The molecule has 0 atom stereocenters. The highest BCUT2D eigenvalue weighted by molar-refractivity contribution is 8.18. The average molecular weight is 336 g/mol. The fraction of sp³-hybridized carbons (Fsp3) is 0. The van der Waals surface area contributed by atoms with Crippen LogP contribution >= 0.6 is 23.1 Å². The van der Waals surface area contributed by atoms with E-state index in [1.807, 2.05) is 53.9 Å². The zero-order valence-corrected chi connectivity index (χ0v) is 13.7. The molecule has 3 nitrogen and oxygen atoms in total. The number of amidine groups is 1. The van der Waals surface area contributed by atoms with Crippen molar-refractivity contribution in [2.75, 3.05) is 0 Å². The summed E-state index contributed by atoms with van der Waals surface area (Å²) in [6.45, 7) is 0. The fourth-order valence-electron chi connectivity index (χ4n) is 2.40. The van der Waals surface area contributed by atoms with Crippen molar-refractivity contribution in [2.45, 2.75) is 0 Å². The number of rotatable bonds is 2. The lowest BCUT2D eigenvalue weighted by atomic mass is 10.1. The minimum atomic E-state index is -0.0950. The quantitative estimate of drug-likeness (QED) is 0.683. The number of thioether (sulfide) groups is 1. The summed E-state index contributed by atoms with van der Waals surface area (Å²) in [7, 11) is 0. The first-order valence-corrected chi connectivity index (χ1v) is 8.80. The highest BCUT2D eigenvalue weighted by Gasteiger charge is 2.24. The molecule has 0 aliphatic carbocycles. The van der Waals surface area contributed by atoms with Gasteiger partial charge in [-0.2, -0.15) is 0 Å². The summed E-state index contributed by atoms with van der Waals surface area (Å²) >= 11 is 2.99. The summed E-state index contributed by atoms with van der Waals surface area (Å²) in [6.07, 6.45) is 1.90. The van der Waals surface area contributed by atoms with E-state index in [0.717, 1.165) is 21.3 Å². The normalized spacial score (nSPS) is 18.0. The van der Waals surface area contributed by atoms with E-state index >= 15 is 0 Å². The maximum Gasteiger partial charge on any atom is 0.264 e. The molecule has 0 saturated carbocycles. The van der Waals surface area contributed by atoms with Crippen LogP contribution in [-0.4, -0.2) is 11.1 Å². The molecule has 0 radical (unpaired) electrons. The Kier molecular flexibility index (Phi) is 3.73. The molecule has 2 aromatic carbocycles. The predicted octanol–water partition coefficient (Wildman–Crippen LogP) is 4.79. The second-order valence-corrected chi connectivity index (χ2v) is 7.01. The minimum absolute atomic E-state index is 0.0950. The van der Waals surface area contributed by atoms with Gasteiger partial charge in [0, 0.05) is 10.3 Å². The summed E-state index contributed by atoms with van der Waals surface area (Å²) in [5.74, 6) is -0.0950. The number of nitrogens with zero attached hydrogens (tertiary/aromatic N) is 1. The lowest BCUT2D eigenvalue weighted by Gasteiger charge is -2.02. The molecule has 1 aliphatic rings. The number of thiophene rings is 1. The Morgan fingerprint density at radius 1 is 1.00 bits per heavy atom. The molecule has 0 unspecified atom stereocenters. The third-order valence-corrected chi connectivity index (χ3v) is 5.19. The predicted molar refractivity (Wildman–Crippen MR) is 99.1 cm³/mol. The molecule has 5 heteroatoms. The van der Waals surface area contributed by atoms with E-state index in [-0.39, 0.29) is 5.91 Å². The van der Waals surface area contributed by atoms with Gasteiger partial charge in [-0.15, -0.1) is 11.3 Å². The summed E-state index contributed by atoms with van der Waals surface area (Å²) in [5.41, 5.74) is 0.864. The Hall–Kier alpha value is -2.37. The number of carbonyl (C=O) groups excluding carboxylic acids is 1. The molecular formula is C18H12N2OS2. The molecule has 1 amide bonds. The molecule has 1 aromatic heterocycles. The van der Waals surface area contributed by atoms with Crippen molar-refractivity contribution in [1.82, 2.24) is 5.32 Å². The maximum absolute atomic E-state index is 12.1. The van der Waals surface area contributed by atoms with E-state index in [1.165, 1.54) is 11.8 Å². The van der Waals surface area contributed by atoms with Crippen molar-refractivity contribution in [3.8, 4) is 0 Å². The molecule has 4 rings (SSSR count). The second kappa shape index (κ2) is 6.02. The maximum atomic E-state index is 12.1.